The van der Waals surface area contributed by atoms with E-state index in [2.05, 4.69) is 0 Å². The predicted molar refractivity (Wildman–Crippen MR) is 38.1 cm³/mol. The Morgan fingerprint density at radius 1 is 1.55 bits per heavy atom. The number of rotatable bonds is 1. The average molecular weight is 160 g/mol. The molecule has 0 saturated carbocycles. The summed E-state index contributed by atoms with van der Waals surface area (Å²) >= 11 is 0. The third kappa shape index (κ3) is 1.38. The Morgan fingerprint density at radius 3 is 2.55 bits per heavy atom. The summed E-state index contributed by atoms with van der Waals surface area (Å²) in [5, 5.41) is 26.8. The third-order valence-corrected chi connectivity index (χ3v) is 1.92. The fourth-order valence-corrected chi connectivity index (χ4v) is 1.12. The Balaban J connectivity index is 2.72. The van der Waals surface area contributed by atoms with Gasteiger partial charge in [-0.15, -0.1) is 0 Å². The van der Waals surface area contributed by atoms with Crippen molar-refractivity contribution in [3.8, 4) is 0 Å². The van der Waals surface area contributed by atoms with E-state index < -0.39 is 17.8 Å². The minimum absolute atomic E-state index is 0.0992. The van der Waals surface area contributed by atoms with Gasteiger partial charge in [0.1, 0.15) is 17.8 Å². The summed E-state index contributed by atoms with van der Waals surface area (Å²) in [6, 6.07) is 0. The Kier molecular flexibility index (Phi) is 2.17. The van der Waals surface area contributed by atoms with Crippen molar-refractivity contribution in [3.05, 3.63) is 12.3 Å². The molecule has 0 unspecified atom stereocenters. The van der Waals surface area contributed by atoms with Gasteiger partial charge >= 0.3 is 0 Å². The molecule has 1 rings (SSSR count). The first-order chi connectivity index (χ1) is 5.10. The van der Waals surface area contributed by atoms with Crippen molar-refractivity contribution < 1.29 is 20.1 Å². The van der Waals surface area contributed by atoms with E-state index in [-0.39, 0.29) is 6.61 Å². The number of hydrogen-bond acceptors (Lipinski definition) is 4. The molecule has 3 N–H and O–H groups in total. The molecular weight excluding hydrogens is 148 g/mol. The lowest BCUT2D eigenvalue weighted by molar-refractivity contribution is -0.0170. The number of aliphatic hydroxyl groups excluding tert-OH is 3. The van der Waals surface area contributed by atoms with E-state index in [9.17, 15) is 5.11 Å². The molecule has 0 bridgehead atoms. The largest absolute Gasteiger partial charge is 0.516 e. The Labute approximate surface area is 64.7 Å². The van der Waals surface area contributed by atoms with E-state index in [1.807, 2.05) is 0 Å². The summed E-state index contributed by atoms with van der Waals surface area (Å²) in [6.07, 6.45) is 0.289. The minimum Gasteiger partial charge on any atom is -0.516 e. The first-order valence-electron chi connectivity index (χ1n) is 3.42. The number of ether oxygens (including phenoxy) is 1. The molecule has 0 aromatic carbocycles. The SMILES string of the molecule is C[C@]1(/C=C/O)OC[C@H](O)[C@@H]1O. The molecular formula is C7H12O4. The van der Waals surface area contributed by atoms with Crippen molar-refractivity contribution in [1.82, 2.24) is 0 Å². The minimum atomic E-state index is -0.967. The molecule has 0 aromatic rings. The van der Waals surface area contributed by atoms with Crippen molar-refractivity contribution in [2.45, 2.75) is 24.7 Å². The van der Waals surface area contributed by atoms with Crippen LogP contribution in [0.25, 0.3) is 0 Å². The molecule has 1 aliphatic heterocycles. The van der Waals surface area contributed by atoms with Gasteiger partial charge in [0.25, 0.3) is 0 Å². The van der Waals surface area contributed by atoms with Gasteiger partial charge in [0, 0.05) is 0 Å². The molecule has 0 aromatic heterocycles. The van der Waals surface area contributed by atoms with Gasteiger partial charge in [-0.2, -0.15) is 0 Å². The van der Waals surface area contributed by atoms with Crippen molar-refractivity contribution in [2.75, 3.05) is 6.61 Å². The fourth-order valence-electron chi connectivity index (χ4n) is 1.12. The maximum atomic E-state index is 9.31. The van der Waals surface area contributed by atoms with E-state index in [0.29, 0.717) is 0 Å². The van der Waals surface area contributed by atoms with E-state index in [1.165, 1.54) is 6.08 Å². The average Bonchev–Trinajstić information content (AvgIpc) is 2.19. The highest BCUT2D eigenvalue weighted by atomic mass is 16.5. The monoisotopic (exact) mass is 160 g/mol. The smallest absolute Gasteiger partial charge is 0.115 e. The molecule has 0 radical (unpaired) electrons. The summed E-state index contributed by atoms with van der Waals surface area (Å²) < 4.78 is 5.06. The topological polar surface area (TPSA) is 69.9 Å². The molecule has 64 valence electrons. The second-order valence-corrected chi connectivity index (χ2v) is 2.82. The summed E-state index contributed by atoms with van der Waals surface area (Å²) in [5.74, 6) is 0. The van der Waals surface area contributed by atoms with Gasteiger partial charge in [-0.3, -0.25) is 0 Å². The summed E-state index contributed by atoms with van der Waals surface area (Å²) in [5.41, 5.74) is -0.950. The summed E-state index contributed by atoms with van der Waals surface area (Å²) in [6.45, 7) is 1.70. The van der Waals surface area contributed by atoms with Gasteiger partial charge in [-0.1, -0.05) is 0 Å². The molecule has 1 heterocycles. The van der Waals surface area contributed by atoms with E-state index >= 15 is 0 Å². The van der Waals surface area contributed by atoms with Gasteiger partial charge in [-0.05, 0) is 13.0 Å². The van der Waals surface area contributed by atoms with Crippen LogP contribution in [0.15, 0.2) is 12.3 Å². The second kappa shape index (κ2) is 2.81. The molecule has 0 aliphatic carbocycles. The third-order valence-electron chi connectivity index (χ3n) is 1.92. The summed E-state index contributed by atoms with van der Waals surface area (Å²) in [4.78, 5) is 0. The van der Waals surface area contributed by atoms with Crippen LogP contribution in [-0.4, -0.2) is 39.7 Å². The van der Waals surface area contributed by atoms with Crippen molar-refractivity contribution in [1.29, 1.82) is 0 Å². The van der Waals surface area contributed by atoms with Crippen LogP contribution in [0, 0.1) is 0 Å². The van der Waals surface area contributed by atoms with E-state index in [1.54, 1.807) is 6.92 Å². The molecule has 1 fully saturated rings. The summed E-state index contributed by atoms with van der Waals surface area (Å²) in [7, 11) is 0. The standard InChI is InChI=1S/C7H12O4/c1-7(2-3-8)6(10)5(9)4-11-7/h2-3,5-6,8-10H,4H2,1H3/b3-2+/t5-,6-,7+/m0/s1. The van der Waals surface area contributed by atoms with Crippen LogP contribution in [0.3, 0.4) is 0 Å². The van der Waals surface area contributed by atoms with Crippen molar-refractivity contribution in [2.24, 2.45) is 0 Å². The highest BCUT2D eigenvalue weighted by Gasteiger charge is 2.43. The maximum absolute atomic E-state index is 9.31. The number of hydrogen-bond donors (Lipinski definition) is 3. The first kappa shape index (κ1) is 8.52. The quantitative estimate of drug-likeness (QED) is 0.455. The zero-order valence-electron chi connectivity index (χ0n) is 6.27. The Hall–Kier alpha value is -0.580. The molecule has 3 atom stereocenters. The molecule has 0 amide bonds. The normalized spacial score (nSPS) is 45.4. The highest BCUT2D eigenvalue weighted by Crippen LogP contribution is 2.27. The maximum Gasteiger partial charge on any atom is 0.115 e. The molecule has 4 heteroatoms. The molecule has 11 heavy (non-hydrogen) atoms. The lowest BCUT2D eigenvalue weighted by Crippen LogP contribution is -2.38. The zero-order chi connectivity index (χ0) is 8.48. The Morgan fingerprint density at radius 2 is 2.18 bits per heavy atom. The van der Waals surface area contributed by atoms with Crippen LogP contribution in [-0.2, 0) is 4.74 Å². The van der Waals surface area contributed by atoms with Crippen LogP contribution in [0.1, 0.15) is 6.92 Å². The lowest BCUT2D eigenvalue weighted by atomic mass is 9.98. The predicted octanol–water partition coefficient (Wildman–Crippen LogP) is -0.431. The van der Waals surface area contributed by atoms with Gasteiger partial charge < -0.3 is 20.1 Å². The van der Waals surface area contributed by atoms with Crippen LogP contribution >= 0.6 is 0 Å². The van der Waals surface area contributed by atoms with Crippen LogP contribution < -0.4 is 0 Å². The lowest BCUT2D eigenvalue weighted by Gasteiger charge is -2.22. The molecule has 1 aliphatic rings. The molecule has 1 saturated heterocycles. The fraction of sp³-hybridized carbons (Fsp3) is 0.714. The van der Waals surface area contributed by atoms with Gasteiger partial charge in [-0.25, -0.2) is 0 Å². The van der Waals surface area contributed by atoms with Gasteiger partial charge in [0.05, 0.1) is 12.9 Å². The molecule has 4 nitrogen and oxygen atoms in total. The van der Waals surface area contributed by atoms with Crippen LogP contribution in [0.2, 0.25) is 0 Å². The van der Waals surface area contributed by atoms with E-state index in [0.717, 1.165) is 6.26 Å². The van der Waals surface area contributed by atoms with Gasteiger partial charge in [0.15, 0.2) is 0 Å². The van der Waals surface area contributed by atoms with Crippen molar-refractivity contribution in [3.63, 3.8) is 0 Å². The number of aliphatic hydroxyl groups is 3. The first-order valence-corrected chi connectivity index (χ1v) is 3.42. The van der Waals surface area contributed by atoms with Crippen molar-refractivity contribution >= 4 is 0 Å². The highest BCUT2D eigenvalue weighted by molar-refractivity contribution is 5.06. The molecule has 0 spiro atoms. The Bertz CT molecular complexity index is 168. The van der Waals surface area contributed by atoms with Gasteiger partial charge in [0.2, 0.25) is 0 Å². The van der Waals surface area contributed by atoms with Crippen LogP contribution in [0.5, 0.6) is 0 Å². The van der Waals surface area contributed by atoms with Crippen LogP contribution in [0.4, 0.5) is 0 Å². The van der Waals surface area contributed by atoms with E-state index in [4.69, 9.17) is 14.9 Å². The second-order valence-electron chi connectivity index (χ2n) is 2.82. The zero-order valence-corrected chi connectivity index (χ0v) is 6.27.